The van der Waals surface area contributed by atoms with Crippen molar-refractivity contribution in [3.05, 3.63) is 68.8 Å². The molecule has 1 aliphatic carbocycles. The quantitative estimate of drug-likeness (QED) is 0.251. The summed E-state index contributed by atoms with van der Waals surface area (Å²) < 4.78 is 44.7. The first kappa shape index (κ1) is 48.7. The number of ether oxygens (including phenoxy) is 3. The Hall–Kier alpha value is -4.21. The minimum Gasteiger partial charge on any atom is -0.392 e. The van der Waals surface area contributed by atoms with Gasteiger partial charge in [-0.25, -0.2) is 12.7 Å². The molecule has 4 aliphatic heterocycles. The molecule has 3 atom stereocenters. The molecule has 0 bridgehead atoms. The van der Waals surface area contributed by atoms with Crippen molar-refractivity contribution in [2.75, 3.05) is 65.0 Å². The monoisotopic (exact) mass is 910 g/mol. The van der Waals surface area contributed by atoms with Gasteiger partial charge in [0.2, 0.25) is 15.9 Å². The molecule has 1 spiro atoms. The lowest BCUT2D eigenvalue weighted by molar-refractivity contribution is -0.139. The number of sulfonamides is 1. The van der Waals surface area contributed by atoms with E-state index < -0.39 is 39.5 Å². The van der Waals surface area contributed by atoms with Crippen molar-refractivity contribution < 1.29 is 46.9 Å². The van der Waals surface area contributed by atoms with Crippen LogP contribution in [0.15, 0.2) is 24.3 Å². The van der Waals surface area contributed by atoms with Crippen LogP contribution in [-0.4, -0.2) is 123 Å². The summed E-state index contributed by atoms with van der Waals surface area (Å²) in [4.78, 5) is 58.6. The zero-order valence-electron chi connectivity index (χ0n) is 38.7. The molecular weight excluding hydrogens is 845 g/mol. The van der Waals surface area contributed by atoms with Gasteiger partial charge in [-0.1, -0.05) is 11.8 Å². The molecule has 1 N–H and O–H groups in total. The SMILES string of the molecule is CC#Cc1cc(C)c(C2C(=O)CC3(CCN(S(=O)(=O)CC4COCCO4)CC3)CC2=O)c(CCc2cc(C#CC)cc(C)c2C2C(=O)CCCN(C(=O)C3CCOCC3)CCCC2O)c1. The van der Waals surface area contributed by atoms with Crippen molar-refractivity contribution in [2.24, 2.45) is 11.3 Å². The minimum atomic E-state index is -3.62. The second-order valence-electron chi connectivity index (χ2n) is 18.9. The standard InChI is InChI=1S/C52H66N2O10S/c1-5-9-37-27-35(3)47(49-43(55)11-7-19-53(20-8-12-44(49)56)51(59)39-15-23-62-24-16-39)40(29-37)13-14-41-30-38(10-6-2)28-36(4)48(41)50-45(57)31-52(32-46(50)58)17-21-54(22-18-52)65(60,61)34-42-33-63-25-26-64-42/h27-30,39,42-43,49-50,55H,7-8,11-26,31-34H2,1-4H3. The van der Waals surface area contributed by atoms with E-state index in [2.05, 4.69) is 23.7 Å². The summed E-state index contributed by atoms with van der Waals surface area (Å²) in [5.74, 6) is 10.2. The van der Waals surface area contributed by atoms with E-state index in [9.17, 15) is 32.7 Å². The summed E-state index contributed by atoms with van der Waals surface area (Å²) >= 11 is 0. The van der Waals surface area contributed by atoms with Gasteiger partial charge in [0.15, 0.2) is 0 Å². The fraction of sp³-hybridized carbons (Fsp3) is 0.615. The Kier molecular flexibility index (Phi) is 16.2. The van der Waals surface area contributed by atoms with Gasteiger partial charge in [-0.3, -0.25) is 19.2 Å². The van der Waals surface area contributed by atoms with Crippen LogP contribution in [0.2, 0.25) is 0 Å². The number of nitrogens with zero attached hydrogens (tertiary/aromatic N) is 2. The molecular formula is C52H66N2O10S. The number of Topliss-reactive ketones (excluding diaryl/α,β-unsaturated/α-hetero) is 3. The molecule has 3 unspecified atom stereocenters. The van der Waals surface area contributed by atoms with Crippen molar-refractivity contribution in [3.63, 3.8) is 0 Å². The molecule has 7 rings (SSSR count). The maximum absolute atomic E-state index is 14.4. The third-order valence-electron chi connectivity index (χ3n) is 14.3. The number of aliphatic hydroxyl groups excluding tert-OH is 1. The first-order chi connectivity index (χ1) is 31.2. The van der Waals surface area contributed by atoms with Crippen molar-refractivity contribution in [2.45, 2.75) is 129 Å². The van der Waals surface area contributed by atoms with Crippen molar-refractivity contribution in [3.8, 4) is 23.7 Å². The fourth-order valence-corrected chi connectivity index (χ4v) is 12.8. The van der Waals surface area contributed by atoms with Crippen LogP contribution in [0.1, 0.15) is 134 Å². The number of hydrogen-bond donors (Lipinski definition) is 1. The Labute approximate surface area is 385 Å². The summed E-state index contributed by atoms with van der Waals surface area (Å²) in [5, 5.41) is 11.9. The minimum absolute atomic E-state index is 0.0584. The summed E-state index contributed by atoms with van der Waals surface area (Å²) in [5.41, 5.74) is 5.86. The molecule has 4 heterocycles. The third kappa shape index (κ3) is 11.5. The van der Waals surface area contributed by atoms with E-state index in [0.717, 1.165) is 38.9 Å². The number of aryl methyl sites for hydroxylation is 4. The zero-order valence-corrected chi connectivity index (χ0v) is 39.5. The lowest BCUT2D eigenvalue weighted by atomic mass is 9.62. The van der Waals surface area contributed by atoms with Crippen molar-refractivity contribution in [1.29, 1.82) is 0 Å². The van der Waals surface area contributed by atoms with Gasteiger partial charge in [-0.2, -0.15) is 0 Å². The molecule has 65 heavy (non-hydrogen) atoms. The Balaban J connectivity index is 1.12. The number of aliphatic hydroxyl groups is 1. The van der Waals surface area contributed by atoms with E-state index in [1.54, 1.807) is 13.8 Å². The van der Waals surface area contributed by atoms with E-state index in [0.29, 0.717) is 103 Å². The fourth-order valence-electron chi connectivity index (χ4n) is 11.2. The number of hydrogen-bond acceptors (Lipinski definition) is 10. The molecule has 12 nitrogen and oxygen atoms in total. The highest BCUT2D eigenvalue weighted by Crippen LogP contribution is 2.47. The van der Waals surface area contributed by atoms with Gasteiger partial charge in [-0.15, -0.1) is 11.8 Å². The number of rotatable bonds is 9. The summed E-state index contributed by atoms with van der Waals surface area (Å²) in [7, 11) is -3.62. The Morgan fingerprint density at radius 2 is 1.37 bits per heavy atom. The molecule has 5 aliphatic rings. The molecule has 0 aromatic heterocycles. The number of carbonyl (C=O) groups excluding carboxylic acids is 4. The zero-order chi connectivity index (χ0) is 46.3. The van der Waals surface area contributed by atoms with Crippen LogP contribution in [0.3, 0.4) is 0 Å². The van der Waals surface area contributed by atoms with Crippen LogP contribution < -0.4 is 0 Å². The van der Waals surface area contributed by atoms with Crippen LogP contribution in [-0.2, 0) is 56.3 Å². The molecule has 4 saturated heterocycles. The second kappa shape index (κ2) is 21.6. The van der Waals surface area contributed by atoms with Gasteiger partial charge in [0.05, 0.1) is 43.7 Å². The molecule has 13 heteroatoms. The Morgan fingerprint density at radius 1 is 0.769 bits per heavy atom. The second-order valence-corrected chi connectivity index (χ2v) is 20.9. The van der Waals surface area contributed by atoms with Crippen LogP contribution >= 0.6 is 0 Å². The van der Waals surface area contributed by atoms with Gasteiger partial charge >= 0.3 is 0 Å². The van der Waals surface area contributed by atoms with Crippen LogP contribution in [0.4, 0.5) is 0 Å². The van der Waals surface area contributed by atoms with Gasteiger partial charge in [-0.05, 0) is 149 Å². The first-order valence-electron chi connectivity index (χ1n) is 23.6. The highest BCUT2D eigenvalue weighted by molar-refractivity contribution is 7.89. The van der Waals surface area contributed by atoms with Crippen LogP contribution in [0.5, 0.6) is 0 Å². The van der Waals surface area contributed by atoms with E-state index >= 15 is 0 Å². The summed E-state index contributed by atoms with van der Waals surface area (Å²) in [6, 6.07) is 7.90. The highest BCUT2D eigenvalue weighted by Gasteiger charge is 2.49. The number of amides is 1. The lowest BCUT2D eigenvalue weighted by Gasteiger charge is -2.44. The largest absolute Gasteiger partial charge is 0.392 e. The Morgan fingerprint density at radius 3 is 1.97 bits per heavy atom. The number of carbonyl (C=O) groups is 4. The molecule has 1 saturated carbocycles. The van der Waals surface area contributed by atoms with E-state index in [1.807, 2.05) is 43.0 Å². The maximum atomic E-state index is 14.4. The van der Waals surface area contributed by atoms with Crippen molar-refractivity contribution in [1.82, 2.24) is 9.21 Å². The topological polar surface area (TPSA) is 157 Å². The normalized spacial score (nSPS) is 24.2. The summed E-state index contributed by atoms with van der Waals surface area (Å²) in [6.45, 7) is 11.1. The Bertz CT molecular complexity index is 2330. The molecule has 5 fully saturated rings. The maximum Gasteiger partial charge on any atom is 0.225 e. The van der Waals surface area contributed by atoms with Crippen molar-refractivity contribution >= 4 is 33.3 Å². The van der Waals surface area contributed by atoms with Gasteiger partial charge in [0.1, 0.15) is 23.3 Å². The van der Waals surface area contributed by atoms with Gasteiger partial charge in [0.25, 0.3) is 0 Å². The molecule has 2 aromatic rings. The van der Waals surface area contributed by atoms with E-state index in [1.165, 1.54) is 4.31 Å². The number of benzene rings is 2. The third-order valence-corrected chi connectivity index (χ3v) is 16.3. The average molecular weight is 911 g/mol. The molecule has 350 valence electrons. The number of ketones is 3. The molecule has 2 aromatic carbocycles. The van der Waals surface area contributed by atoms with Gasteiger partial charge < -0.3 is 24.2 Å². The van der Waals surface area contributed by atoms with Gasteiger partial charge in [0, 0.05) is 75.7 Å². The molecule has 0 radical (unpaired) electrons. The lowest BCUT2D eigenvalue weighted by Crippen LogP contribution is -2.50. The predicted molar refractivity (Wildman–Crippen MR) is 247 cm³/mol. The smallest absolute Gasteiger partial charge is 0.225 e. The van der Waals surface area contributed by atoms with Crippen LogP contribution in [0, 0.1) is 48.9 Å². The average Bonchev–Trinajstić information content (AvgIpc) is 3.27. The van der Waals surface area contributed by atoms with Crippen LogP contribution in [0.25, 0.3) is 0 Å². The number of piperidine rings is 1. The highest BCUT2D eigenvalue weighted by atomic mass is 32.2. The summed E-state index contributed by atoms with van der Waals surface area (Å²) in [6.07, 6.45) is 3.71. The molecule has 1 amide bonds. The predicted octanol–water partition coefficient (Wildman–Crippen LogP) is 5.52. The first-order valence-corrected chi connectivity index (χ1v) is 25.3. The van der Waals surface area contributed by atoms with E-state index in [-0.39, 0.29) is 73.9 Å². The van der Waals surface area contributed by atoms with E-state index in [4.69, 9.17) is 14.2 Å².